The van der Waals surface area contributed by atoms with E-state index in [2.05, 4.69) is 0 Å². The van der Waals surface area contributed by atoms with Crippen LogP contribution in [-0.2, 0) is 19.2 Å². The summed E-state index contributed by atoms with van der Waals surface area (Å²) in [5, 5.41) is 9.13. The van der Waals surface area contributed by atoms with Crippen molar-refractivity contribution in [1.29, 1.82) is 0 Å². The lowest BCUT2D eigenvalue weighted by atomic mass is 9.85. The van der Waals surface area contributed by atoms with Gasteiger partial charge >= 0.3 is 5.97 Å². The maximum Gasteiger partial charge on any atom is 0.332 e. The number of carbonyl (C=O) groups excluding carboxylic acids is 2. The third-order valence-corrected chi connectivity index (χ3v) is 3.75. The second kappa shape index (κ2) is 3.40. The van der Waals surface area contributed by atoms with Crippen LogP contribution in [-0.4, -0.2) is 34.6 Å². The van der Waals surface area contributed by atoms with Crippen molar-refractivity contribution >= 4 is 17.8 Å². The van der Waals surface area contributed by atoms with Crippen molar-refractivity contribution in [2.24, 2.45) is 23.7 Å². The number of fused-ring (bicyclic) bond motifs is 5. The largest absolute Gasteiger partial charge is 0.479 e. The molecule has 2 fully saturated rings. The summed E-state index contributed by atoms with van der Waals surface area (Å²) in [5.74, 6) is -2.45. The summed E-state index contributed by atoms with van der Waals surface area (Å²) < 4.78 is 0. The number of hydroxylamine groups is 2. The van der Waals surface area contributed by atoms with Crippen LogP contribution in [0.5, 0.6) is 0 Å². The molecule has 1 N–H and O–H groups in total. The van der Waals surface area contributed by atoms with Crippen molar-refractivity contribution < 1.29 is 24.3 Å². The minimum Gasteiger partial charge on any atom is -0.479 e. The number of nitrogens with zero attached hydrogens (tertiary/aromatic N) is 1. The fourth-order valence-electron chi connectivity index (χ4n) is 3.12. The molecule has 1 heterocycles. The lowest BCUT2D eigenvalue weighted by molar-refractivity contribution is -0.194. The molecule has 3 aliphatic rings. The van der Waals surface area contributed by atoms with Gasteiger partial charge in [-0.25, -0.2) is 4.79 Å². The monoisotopic (exact) mass is 237 g/mol. The Kier molecular flexibility index (Phi) is 2.09. The molecule has 0 spiro atoms. The molecular formula is C11H11NO5. The second-order valence-electron chi connectivity index (χ2n) is 4.64. The van der Waals surface area contributed by atoms with Gasteiger partial charge in [0.15, 0.2) is 6.61 Å². The van der Waals surface area contributed by atoms with E-state index < -0.39 is 24.4 Å². The van der Waals surface area contributed by atoms with Crippen LogP contribution in [0.4, 0.5) is 0 Å². The van der Waals surface area contributed by atoms with Gasteiger partial charge in [-0.15, -0.1) is 0 Å². The Morgan fingerprint density at radius 3 is 2.29 bits per heavy atom. The van der Waals surface area contributed by atoms with Crippen LogP contribution in [0.3, 0.4) is 0 Å². The highest BCUT2D eigenvalue weighted by Gasteiger charge is 2.60. The van der Waals surface area contributed by atoms with Gasteiger partial charge in [-0.3, -0.25) is 14.4 Å². The van der Waals surface area contributed by atoms with Crippen LogP contribution in [0.15, 0.2) is 12.2 Å². The molecule has 90 valence electrons. The summed E-state index contributed by atoms with van der Waals surface area (Å²) >= 11 is 0. The fourth-order valence-corrected chi connectivity index (χ4v) is 3.12. The first-order valence-corrected chi connectivity index (χ1v) is 5.50. The minimum atomic E-state index is -1.20. The summed E-state index contributed by atoms with van der Waals surface area (Å²) in [4.78, 5) is 39.0. The first-order valence-electron chi connectivity index (χ1n) is 5.50. The number of hydrogen-bond acceptors (Lipinski definition) is 4. The number of carboxylic acid groups (broad SMARTS) is 1. The molecule has 0 aromatic heterocycles. The van der Waals surface area contributed by atoms with Gasteiger partial charge < -0.3 is 5.11 Å². The van der Waals surface area contributed by atoms with Crippen molar-refractivity contribution in [3.8, 4) is 0 Å². The summed E-state index contributed by atoms with van der Waals surface area (Å²) in [6.45, 7) is -0.667. The standard InChI is InChI=1S/C11H11NO5/c13-7(14)4-17-12-10(15)8-5-1-2-6(3-5)9(8)11(12)16/h1-2,5-6,8-9H,3-4H2,(H,13,14)/t5-,6-,8-,9+/m0/s1. The SMILES string of the molecule is O=C(O)CON1C(=O)[C@@H]2[C@H](C1=O)[C@H]1C=C[C@H]2C1. The molecule has 1 saturated heterocycles. The number of hydrogen-bond donors (Lipinski definition) is 1. The molecule has 6 nitrogen and oxygen atoms in total. The van der Waals surface area contributed by atoms with E-state index in [9.17, 15) is 14.4 Å². The van der Waals surface area contributed by atoms with Crippen LogP contribution >= 0.6 is 0 Å². The summed E-state index contributed by atoms with van der Waals surface area (Å²) in [7, 11) is 0. The molecule has 1 saturated carbocycles. The quantitative estimate of drug-likeness (QED) is 0.543. The lowest BCUT2D eigenvalue weighted by Gasteiger charge is -2.14. The molecule has 0 aromatic carbocycles. The number of carboxylic acids is 1. The molecule has 3 rings (SSSR count). The normalized spacial score (nSPS) is 38.0. The van der Waals surface area contributed by atoms with Gasteiger partial charge in [0.2, 0.25) is 0 Å². The van der Waals surface area contributed by atoms with E-state index in [1.807, 2.05) is 12.2 Å². The highest BCUT2D eigenvalue weighted by atomic mass is 16.7. The molecule has 2 bridgehead atoms. The van der Waals surface area contributed by atoms with Crippen LogP contribution in [0.2, 0.25) is 0 Å². The Balaban J connectivity index is 1.80. The Hall–Kier alpha value is -1.69. The third kappa shape index (κ3) is 1.33. The van der Waals surface area contributed by atoms with E-state index in [-0.39, 0.29) is 23.7 Å². The maximum atomic E-state index is 12.0. The van der Waals surface area contributed by atoms with Gasteiger partial charge in [0.25, 0.3) is 11.8 Å². The van der Waals surface area contributed by atoms with Crippen LogP contribution < -0.4 is 0 Å². The number of allylic oxidation sites excluding steroid dienone is 2. The number of rotatable bonds is 3. The molecule has 1 aliphatic heterocycles. The molecular weight excluding hydrogens is 226 g/mol. The van der Waals surface area contributed by atoms with E-state index in [1.165, 1.54) is 0 Å². The van der Waals surface area contributed by atoms with E-state index in [0.717, 1.165) is 6.42 Å². The number of amides is 2. The lowest BCUT2D eigenvalue weighted by Crippen LogP contribution is -2.34. The molecule has 0 unspecified atom stereocenters. The second-order valence-corrected chi connectivity index (χ2v) is 4.64. The molecule has 2 amide bonds. The van der Waals surface area contributed by atoms with Crippen molar-refractivity contribution in [1.82, 2.24) is 5.06 Å². The average molecular weight is 237 g/mol. The van der Waals surface area contributed by atoms with Crippen molar-refractivity contribution in [3.63, 3.8) is 0 Å². The molecule has 0 radical (unpaired) electrons. The van der Waals surface area contributed by atoms with E-state index in [0.29, 0.717) is 5.06 Å². The topological polar surface area (TPSA) is 83.9 Å². The van der Waals surface area contributed by atoms with Gasteiger partial charge in [0.1, 0.15) is 0 Å². The number of imide groups is 1. The summed E-state index contributed by atoms with van der Waals surface area (Å²) in [5.41, 5.74) is 0. The van der Waals surface area contributed by atoms with Gasteiger partial charge in [-0.05, 0) is 18.3 Å². The Morgan fingerprint density at radius 2 is 1.82 bits per heavy atom. The third-order valence-electron chi connectivity index (χ3n) is 3.75. The zero-order valence-corrected chi connectivity index (χ0v) is 8.91. The fraction of sp³-hybridized carbons (Fsp3) is 0.545. The number of carbonyl (C=O) groups is 3. The molecule has 0 aromatic rings. The van der Waals surface area contributed by atoms with Crippen molar-refractivity contribution in [2.45, 2.75) is 6.42 Å². The van der Waals surface area contributed by atoms with Gasteiger partial charge in [0.05, 0.1) is 11.8 Å². The van der Waals surface area contributed by atoms with Crippen LogP contribution in [0.25, 0.3) is 0 Å². The number of aliphatic carboxylic acids is 1. The highest BCUT2D eigenvalue weighted by molar-refractivity contribution is 6.05. The molecule has 2 aliphatic carbocycles. The van der Waals surface area contributed by atoms with Gasteiger partial charge in [-0.2, -0.15) is 5.06 Å². The van der Waals surface area contributed by atoms with E-state index in [1.54, 1.807) is 0 Å². The Bertz CT molecular complexity index is 413. The average Bonchev–Trinajstić information content (AvgIpc) is 2.92. The highest BCUT2D eigenvalue weighted by Crippen LogP contribution is 2.52. The van der Waals surface area contributed by atoms with E-state index in [4.69, 9.17) is 9.94 Å². The first-order chi connectivity index (χ1) is 8.09. The van der Waals surface area contributed by atoms with Crippen LogP contribution in [0, 0.1) is 23.7 Å². The Morgan fingerprint density at radius 1 is 1.29 bits per heavy atom. The van der Waals surface area contributed by atoms with Crippen LogP contribution in [0.1, 0.15) is 6.42 Å². The minimum absolute atomic E-state index is 0.111. The van der Waals surface area contributed by atoms with Gasteiger partial charge in [-0.1, -0.05) is 12.2 Å². The summed E-state index contributed by atoms with van der Waals surface area (Å²) in [6.07, 6.45) is 4.79. The van der Waals surface area contributed by atoms with Gasteiger partial charge in [0, 0.05) is 0 Å². The van der Waals surface area contributed by atoms with Crippen molar-refractivity contribution in [2.75, 3.05) is 6.61 Å². The molecule has 4 atom stereocenters. The van der Waals surface area contributed by atoms with Crippen molar-refractivity contribution in [3.05, 3.63) is 12.2 Å². The predicted molar refractivity (Wildman–Crippen MR) is 53.2 cm³/mol. The summed E-state index contributed by atoms with van der Waals surface area (Å²) in [6, 6.07) is 0. The first kappa shape index (κ1) is 10.5. The predicted octanol–water partition coefficient (Wildman–Crippen LogP) is -0.190. The maximum absolute atomic E-state index is 12.0. The van der Waals surface area contributed by atoms with E-state index >= 15 is 0 Å². The smallest absolute Gasteiger partial charge is 0.332 e. The molecule has 17 heavy (non-hydrogen) atoms. The zero-order valence-electron chi connectivity index (χ0n) is 8.91. The molecule has 6 heteroatoms. The Labute approximate surface area is 96.8 Å². The zero-order chi connectivity index (χ0) is 12.2.